The second-order valence-corrected chi connectivity index (χ2v) is 7.86. The Morgan fingerprint density at radius 1 is 0.926 bits per heavy atom. The van der Waals surface area contributed by atoms with Crippen LogP contribution in [-0.4, -0.2) is 19.5 Å². The quantitative estimate of drug-likeness (QED) is 0.515. The number of methoxy groups -OCH3 is 1. The van der Waals surface area contributed by atoms with Gasteiger partial charge in [0.25, 0.3) is 10.0 Å². The van der Waals surface area contributed by atoms with E-state index in [0.29, 0.717) is 11.3 Å². The van der Waals surface area contributed by atoms with E-state index >= 15 is 0 Å². The summed E-state index contributed by atoms with van der Waals surface area (Å²) >= 11 is 0. The zero-order chi connectivity index (χ0) is 19.0. The molecule has 0 aliphatic heterocycles. The maximum absolute atomic E-state index is 13.2. The van der Waals surface area contributed by atoms with E-state index in [-0.39, 0.29) is 4.90 Å². The molecule has 0 aliphatic carbocycles. The molecule has 1 heterocycles. The predicted octanol–water partition coefficient (Wildman–Crippen LogP) is 4.69. The standard InChI is InChI=1S/C21H16FNO3S/c1-26-17-9-12-21-19(13-17)20(15-5-3-2-4-6-15)14-23(21)27(24,25)18-10-7-16(22)8-11-18/h2-14H,1H3. The summed E-state index contributed by atoms with van der Waals surface area (Å²) in [6.45, 7) is 0. The second kappa shape index (κ2) is 6.55. The minimum atomic E-state index is -3.88. The van der Waals surface area contributed by atoms with Crippen molar-refractivity contribution in [1.29, 1.82) is 0 Å². The van der Waals surface area contributed by atoms with E-state index in [2.05, 4.69) is 0 Å². The minimum Gasteiger partial charge on any atom is -0.497 e. The third kappa shape index (κ3) is 2.98. The molecule has 4 aromatic rings. The lowest BCUT2D eigenvalue weighted by molar-refractivity contribution is 0.415. The maximum Gasteiger partial charge on any atom is 0.268 e. The van der Waals surface area contributed by atoms with Crippen LogP contribution in [0, 0.1) is 5.82 Å². The Kier molecular flexibility index (Phi) is 4.20. The van der Waals surface area contributed by atoms with Gasteiger partial charge in [-0.05, 0) is 48.0 Å². The van der Waals surface area contributed by atoms with Crippen LogP contribution in [0.3, 0.4) is 0 Å². The van der Waals surface area contributed by atoms with Crippen molar-refractivity contribution in [2.45, 2.75) is 4.90 Å². The normalized spacial score (nSPS) is 11.6. The molecule has 0 amide bonds. The fourth-order valence-electron chi connectivity index (χ4n) is 3.07. The molecule has 0 N–H and O–H groups in total. The van der Waals surface area contributed by atoms with Gasteiger partial charge >= 0.3 is 0 Å². The first kappa shape index (κ1) is 17.3. The molecule has 6 heteroatoms. The molecule has 1 aromatic heterocycles. The number of hydrogen-bond acceptors (Lipinski definition) is 3. The van der Waals surface area contributed by atoms with Crippen LogP contribution in [0.1, 0.15) is 0 Å². The second-order valence-electron chi connectivity index (χ2n) is 6.05. The molecule has 0 radical (unpaired) electrons. The van der Waals surface area contributed by atoms with Crippen LogP contribution in [0.2, 0.25) is 0 Å². The van der Waals surface area contributed by atoms with Gasteiger partial charge in [-0.2, -0.15) is 0 Å². The fourth-order valence-corrected chi connectivity index (χ4v) is 4.44. The molecule has 0 bridgehead atoms. The molecular formula is C21H16FNO3S. The van der Waals surface area contributed by atoms with Crippen molar-refractivity contribution in [3.63, 3.8) is 0 Å². The van der Waals surface area contributed by atoms with E-state index in [0.717, 1.165) is 28.6 Å². The highest BCUT2D eigenvalue weighted by atomic mass is 32.2. The zero-order valence-electron chi connectivity index (χ0n) is 14.5. The average molecular weight is 381 g/mol. The van der Waals surface area contributed by atoms with E-state index in [1.807, 2.05) is 36.4 Å². The zero-order valence-corrected chi connectivity index (χ0v) is 15.3. The van der Waals surface area contributed by atoms with Gasteiger partial charge in [0.05, 0.1) is 17.5 Å². The van der Waals surface area contributed by atoms with Gasteiger partial charge in [0, 0.05) is 17.1 Å². The summed E-state index contributed by atoms with van der Waals surface area (Å²) in [5.41, 5.74) is 2.19. The summed E-state index contributed by atoms with van der Waals surface area (Å²) in [5.74, 6) is 0.151. The molecule has 0 aliphatic rings. The number of fused-ring (bicyclic) bond motifs is 1. The van der Waals surface area contributed by atoms with Crippen LogP contribution in [0.5, 0.6) is 5.75 Å². The monoisotopic (exact) mass is 381 g/mol. The van der Waals surface area contributed by atoms with E-state index in [4.69, 9.17) is 4.74 Å². The van der Waals surface area contributed by atoms with Gasteiger partial charge < -0.3 is 4.74 Å². The van der Waals surface area contributed by atoms with Crippen molar-refractivity contribution in [3.8, 4) is 16.9 Å². The molecule has 0 saturated heterocycles. The summed E-state index contributed by atoms with van der Waals surface area (Å²) in [7, 11) is -2.31. The van der Waals surface area contributed by atoms with E-state index in [9.17, 15) is 12.8 Å². The highest BCUT2D eigenvalue weighted by molar-refractivity contribution is 7.90. The van der Waals surface area contributed by atoms with Crippen molar-refractivity contribution < 1.29 is 17.5 Å². The van der Waals surface area contributed by atoms with E-state index < -0.39 is 15.8 Å². The van der Waals surface area contributed by atoms with Crippen LogP contribution < -0.4 is 4.74 Å². The summed E-state index contributed by atoms with van der Waals surface area (Å²) < 4.78 is 46.1. The van der Waals surface area contributed by atoms with Gasteiger partial charge in [-0.1, -0.05) is 30.3 Å². The summed E-state index contributed by atoms with van der Waals surface area (Å²) in [5, 5.41) is 0.756. The molecule has 0 unspecified atom stereocenters. The van der Waals surface area contributed by atoms with Crippen LogP contribution in [0.25, 0.3) is 22.0 Å². The Bertz CT molecular complexity index is 1210. The lowest BCUT2D eigenvalue weighted by Crippen LogP contribution is -2.11. The first-order valence-corrected chi connectivity index (χ1v) is 9.70. The van der Waals surface area contributed by atoms with Gasteiger partial charge in [0.1, 0.15) is 11.6 Å². The summed E-state index contributed by atoms with van der Waals surface area (Å²) in [6.07, 6.45) is 1.60. The largest absolute Gasteiger partial charge is 0.497 e. The van der Waals surface area contributed by atoms with Crippen molar-refractivity contribution in [2.75, 3.05) is 7.11 Å². The summed E-state index contributed by atoms with van der Waals surface area (Å²) in [6, 6.07) is 19.6. The van der Waals surface area contributed by atoms with Gasteiger partial charge in [0.15, 0.2) is 0 Å². The van der Waals surface area contributed by atoms with E-state index in [1.165, 1.54) is 16.1 Å². The fraction of sp³-hybridized carbons (Fsp3) is 0.0476. The van der Waals surface area contributed by atoms with Gasteiger partial charge in [0.2, 0.25) is 0 Å². The highest BCUT2D eigenvalue weighted by Gasteiger charge is 2.22. The first-order chi connectivity index (χ1) is 13.0. The molecule has 27 heavy (non-hydrogen) atoms. The van der Waals surface area contributed by atoms with Crippen molar-refractivity contribution in [1.82, 2.24) is 3.97 Å². The Morgan fingerprint density at radius 2 is 1.63 bits per heavy atom. The molecule has 136 valence electrons. The molecule has 3 aromatic carbocycles. The van der Waals surface area contributed by atoms with Gasteiger partial charge in [-0.25, -0.2) is 16.8 Å². The number of nitrogens with zero attached hydrogens (tertiary/aromatic N) is 1. The van der Waals surface area contributed by atoms with Crippen LogP contribution >= 0.6 is 0 Å². The van der Waals surface area contributed by atoms with E-state index in [1.54, 1.807) is 25.4 Å². The SMILES string of the molecule is COc1ccc2c(c1)c(-c1ccccc1)cn2S(=O)(=O)c1ccc(F)cc1. The number of rotatable bonds is 4. The van der Waals surface area contributed by atoms with Crippen molar-refractivity contribution >= 4 is 20.9 Å². The number of halogens is 1. The molecule has 0 spiro atoms. The molecular weight excluding hydrogens is 365 g/mol. The first-order valence-electron chi connectivity index (χ1n) is 8.26. The van der Waals surface area contributed by atoms with Crippen LogP contribution in [-0.2, 0) is 10.0 Å². The Labute approximate surface area is 156 Å². The molecule has 0 fully saturated rings. The molecule has 4 rings (SSSR count). The topological polar surface area (TPSA) is 48.3 Å². The third-order valence-electron chi connectivity index (χ3n) is 4.43. The van der Waals surface area contributed by atoms with Crippen LogP contribution in [0.15, 0.2) is 83.9 Å². The lowest BCUT2D eigenvalue weighted by Gasteiger charge is -2.08. The lowest BCUT2D eigenvalue weighted by atomic mass is 10.0. The average Bonchev–Trinajstić information content (AvgIpc) is 3.08. The Balaban J connectivity index is 2.00. The predicted molar refractivity (Wildman–Crippen MR) is 103 cm³/mol. The Hall–Kier alpha value is -3.12. The number of ether oxygens (including phenoxy) is 1. The smallest absolute Gasteiger partial charge is 0.268 e. The van der Waals surface area contributed by atoms with Crippen molar-refractivity contribution in [3.05, 3.63) is 84.8 Å². The van der Waals surface area contributed by atoms with Crippen molar-refractivity contribution in [2.24, 2.45) is 0 Å². The third-order valence-corrected chi connectivity index (χ3v) is 6.12. The molecule has 0 saturated carbocycles. The molecule has 4 nitrogen and oxygen atoms in total. The maximum atomic E-state index is 13.2. The number of hydrogen-bond donors (Lipinski definition) is 0. The number of benzene rings is 3. The Morgan fingerprint density at radius 3 is 2.30 bits per heavy atom. The number of aromatic nitrogens is 1. The summed E-state index contributed by atoms with van der Waals surface area (Å²) in [4.78, 5) is 0.0243. The minimum absolute atomic E-state index is 0.0243. The highest BCUT2D eigenvalue weighted by Crippen LogP contribution is 2.35. The van der Waals surface area contributed by atoms with Gasteiger partial charge in [-0.15, -0.1) is 0 Å². The van der Waals surface area contributed by atoms with Gasteiger partial charge in [-0.3, -0.25) is 0 Å². The molecule has 0 atom stereocenters. The van der Waals surface area contributed by atoms with Crippen LogP contribution in [0.4, 0.5) is 4.39 Å².